The summed E-state index contributed by atoms with van der Waals surface area (Å²) in [6, 6.07) is -0.540. The number of aliphatic hydroxyl groups excluding tert-OH is 2. The highest BCUT2D eigenvalue weighted by Crippen LogP contribution is 2.18. The smallest absolute Gasteiger partial charge is 0.305 e. The van der Waals surface area contributed by atoms with Crippen molar-refractivity contribution in [3.05, 3.63) is 24.3 Å². The molecule has 0 aliphatic heterocycles. The maximum Gasteiger partial charge on any atom is 0.305 e. The first-order chi connectivity index (χ1) is 35.5. The number of hydrogen-bond acceptors (Lipinski definition) is 5. The number of esters is 1. The zero-order chi connectivity index (χ0) is 52.2. The van der Waals surface area contributed by atoms with Gasteiger partial charge in [-0.3, -0.25) is 9.59 Å². The Kier molecular flexibility index (Phi) is 60.5. The van der Waals surface area contributed by atoms with E-state index < -0.39 is 12.1 Å². The lowest BCUT2D eigenvalue weighted by Crippen LogP contribution is -2.45. The van der Waals surface area contributed by atoms with Crippen molar-refractivity contribution in [1.29, 1.82) is 0 Å². The lowest BCUT2D eigenvalue weighted by molar-refractivity contribution is -0.143. The van der Waals surface area contributed by atoms with Crippen molar-refractivity contribution in [2.45, 2.75) is 373 Å². The second-order valence-electron chi connectivity index (χ2n) is 22.5. The number of amides is 1. The van der Waals surface area contributed by atoms with Gasteiger partial charge in [0.25, 0.3) is 0 Å². The fourth-order valence-corrected chi connectivity index (χ4v) is 10.3. The third-order valence-electron chi connectivity index (χ3n) is 15.3. The molecule has 0 saturated heterocycles. The second-order valence-corrected chi connectivity index (χ2v) is 22.5. The Morgan fingerprint density at radius 3 is 1.08 bits per heavy atom. The molecule has 0 fully saturated rings. The highest BCUT2D eigenvalue weighted by Gasteiger charge is 2.20. The molecular weight excluding hydrogens is 887 g/mol. The standard InChI is InChI=1S/C66H127NO5/c1-3-5-7-9-11-13-15-17-19-28-32-36-40-44-48-52-56-60-66(71)72-61-57-53-49-45-41-37-33-30-27-25-23-21-20-22-24-26-29-31-35-39-43-47-51-55-59-65(70)67-63(62-68)64(69)58-54-50-46-42-38-34-18-16-14-12-10-8-6-4-2/h11,13,17,19,63-64,68-69H,3-10,12,14-16,18,20-62H2,1-2H3,(H,67,70)/b13-11-,19-17-. The number of ether oxygens (including phenoxy) is 1. The Hall–Kier alpha value is -1.66. The van der Waals surface area contributed by atoms with Crippen molar-refractivity contribution in [2.75, 3.05) is 13.2 Å². The third-order valence-corrected chi connectivity index (χ3v) is 15.3. The number of hydrogen-bond donors (Lipinski definition) is 3. The Labute approximate surface area is 450 Å². The van der Waals surface area contributed by atoms with Gasteiger partial charge < -0.3 is 20.3 Å². The van der Waals surface area contributed by atoms with E-state index in [9.17, 15) is 19.8 Å². The fraction of sp³-hybridized carbons (Fsp3) is 0.909. The van der Waals surface area contributed by atoms with Gasteiger partial charge in [0.1, 0.15) is 0 Å². The first-order valence-corrected chi connectivity index (χ1v) is 32.6. The van der Waals surface area contributed by atoms with Gasteiger partial charge in [-0.25, -0.2) is 0 Å². The summed E-state index contributed by atoms with van der Waals surface area (Å²) < 4.78 is 5.49. The highest BCUT2D eigenvalue weighted by atomic mass is 16.5. The summed E-state index contributed by atoms with van der Waals surface area (Å²) in [4.78, 5) is 24.6. The summed E-state index contributed by atoms with van der Waals surface area (Å²) in [5.74, 6) is -0.0237. The topological polar surface area (TPSA) is 95.9 Å². The van der Waals surface area contributed by atoms with Crippen LogP contribution >= 0.6 is 0 Å². The van der Waals surface area contributed by atoms with Gasteiger partial charge in [-0.2, -0.15) is 0 Å². The molecule has 0 radical (unpaired) electrons. The molecule has 0 aliphatic carbocycles. The van der Waals surface area contributed by atoms with Crippen LogP contribution in [0.25, 0.3) is 0 Å². The van der Waals surface area contributed by atoms with Crippen LogP contribution in [0.2, 0.25) is 0 Å². The van der Waals surface area contributed by atoms with E-state index in [-0.39, 0.29) is 18.5 Å². The van der Waals surface area contributed by atoms with E-state index in [0.29, 0.717) is 25.9 Å². The average Bonchev–Trinajstić information content (AvgIpc) is 3.38. The van der Waals surface area contributed by atoms with Crippen molar-refractivity contribution >= 4 is 11.9 Å². The van der Waals surface area contributed by atoms with Crippen molar-refractivity contribution in [3.8, 4) is 0 Å². The molecule has 0 aromatic heterocycles. The molecule has 0 aromatic rings. The summed E-state index contributed by atoms with van der Waals surface area (Å²) >= 11 is 0. The molecule has 0 aliphatic rings. The van der Waals surface area contributed by atoms with Crippen LogP contribution in [-0.4, -0.2) is 47.4 Å². The average molecular weight is 1010 g/mol. The predicted octanol–water partition coefficient (Wildman–Crippen LogP) is 20.6. The summed E-state index contributed by atoms with van der Waals surface area (Å²) in [6.07, 6.45) is 76.3. The molecule has 0 bridgehead atoms. The number of carbonyl (C=O) groups excluding carboxylic acids is 2. The summed E-state index contributed by atoms with van der Waals surface area (Å²) in [5.41, 5.74) is 0. The van der Waals surface area contributed by atoms with Gasteiger partial charge in [-0.15, -0.1) is 0 Å². The molecule has 72 heavy (non-hydrogen) atoms. The van der Waals surface area contributed by atoms with Crippen LogP contribution in [0, 0.1) is 0 Å². The van der Waals surface area contributed by atoms with Crippen molar-refractivity contribution < 1.29 is 24.5 Å². The van der Waals surface area contributed by atoms with Gasteiger partial charge in [0.05, 0.1) is 25.4 Å². The van der Waals surface area contributed by atoms with Crippen LogP contribution in [0.1, 0.15) is 361 Å². The van der Waals surface area contributed by atoms with Crippen LogP contribution in [0.4, 0.5) is 0 Å². The summed E-state index contributed by atoms with van der Waals surface area (Å²) in [5, 5.41) is 23.3. The van der Waals surface area contributed by atoms with Crippen LogP contribution in [0.5, 0.6) is 0 Å². The fourth-order valence-electron chi connectivity index (χ4n) is 10.3. The van der Waals surface area contributed by atoms with Crippen LogP contribution in [0.3, 0.4) is 0 Å². The van der Waals surface area contributed by atoms with Gasteiger partial charge >= 0.3 is 5.97 Å². The number of aliphatic hydroxyl groups is 2. The zero-order valence-corrected chi connectivity index (χ0v) is 48.7. The van der Waals surface area contributed by atoms with Crippen LogP contribution in [-0.2, 0) is 14.3 Å². The van der Waals surface area contributed by atoms with Gasteiger partial charge in [0, 0.05) is 12.8 Å². The van der Waals surface area contributed by atoms with E-state index >= 15 is 0 Å². The first kappa shape index (κ1) is 70.3. The first-order valence-electron chi connectivity index (χ1n) is 32.6. The minimum absolute atomic E-state index is 0.00821. The molecule has 426 valence electrons. The SMILES string of the molecule is CCCCC/C=C\C/C=C\CCCCCCCCCC(=O)OCCCCCCCCCCCCCCCCCCCCCCCCCCC(=O)NC(CO)C(O)CCCCCCCCCCCCCCCC. The molecular formula is C66H127NO5. The molecule has 0 rings (SSSR count). The third kappa shape index (κ3) is 57.6. The molecule has 0 spiro atoms. The quantitative estimate of drug-likeness (QED) is 0.0320. The van der Waals surface area contributed by atoms with Gasteiger partial charge in [0.2, 0.25) is 5.91 Å². The minimum Gasteiger partial charge on any atom is -0.466 e. The van der Waals surface area contributed by atoms with Gasteiger partial charge in [0.15, 0.2) is 0 Å². The monoisotopic (exact) mass is 1010 g/mol. The lowest BCUT2D eigenvalue weighted by Gasteiger charge is -2.22. The number of carbonyl (C=O) groups is 2. The lowest BCUT2D eigenvalue weighted by atomic mass is 10.0. The Bertz CT molecular complexity index is 1120. The maximum atomic E-state index is 12.5. The second kappa shape index (κ2) is 61.9. The Balaban J connectivity index is 3.35. The molecule has 0 aromatic carbocycles. The Morgan fingerprint density at radius 2 is 0.694 bits per heavy atom. The Morgan fingerprint density at radius 1 is 0.389 bits per heavy atom. The normalized spacial score (nSPS) is 12.7. The number of unbranched alkanes of at least 4 members (excludes halogenated alkanes) is 46. The van der Waals surface area contributed by atoms with E-state index in [4.69, 9.17) is 4.74 Å². The molecule has 2 atom stereocenters. The molecule has 3 N–H and O–H groups in total. The van der Waals surface area contributed by atoms with E-state index in [2.05, 4.69) is 43.5 Å². The number of allylic oxidation sites excluding steroid dienone is 4. The highest BCUT2D eigenvalue weighted by molar-refractivity contribution is 5.76. The van der Waals surface area contributed by atoms with Gasteiger partial charge in [-0.05, 0) is 57.8 Å². The molecule has 2 unspecified atom stereocenters. The number of nitrogens with one attached hydrogen (secondary N) is 1. The molecule has 0 saturated carbocycles. The van der Waals surface area contributed by atoms with Crippen molar-refractivity contribution in [2.24, 2.45) is 0 Å². The summed E-state index contributed by atoms with van der Waals surface area (Å²) in [7, 11) is 0. The molecule has 0 heterocycles. The molecule has 1 amide bonds. The van der Waals surface area contributed by atoms with E-state index in [0.717, 1.165) is 51.4 Å². The van der Waals surface area contributed by atoms with E-state index in [1.807, 2.05) is 0 Å². The molecule has 6 heteroatoms. The maximum absolute atomic E-state index is 12.5. The van der Waals surface area contributed by atoms with E-state index in [1.54, 1.807) is 0 Å². The van der Waals surface area contributed by atoms with Crippen LogP contribution in [0.15, 0.2) is 24.3 Å². The zero-order valence-electron chi connectivity index (χ0n) is 48.7. The minimum atomic E-state index is -0.663. The largest absolute Gasteiger partial charge is 0.466 e. The summed E-state index contributed by atoms with van der Waals surface area (Å²) in [6.45, 7) is 4.95. The van der Waals surface area contributed by atoms with Crippen LogP contribution < -0.4 is 5.32 Å². The van der Waals surface area contributed by atoms with Gasteiger partial charge in [-0.1, -0.05) is 314 Å². The van der Waals surface area contributed by atoms with Crippen molar-refractivity contribution in [1.82, 2.24) is 5.32 Å². The predicted molar refractivity (Wildman–Crippen MR) is 315 cm³/mol. The van der Waals surface area contributed by atoms with E-state index in [1.165, 1.54) is 276 Å². The number of rotatable bonds is 61. The van der Waals surface area contributed by atoms with Crippen molar-refractivity contribution in [3.63, 3.8) is 0 Å². The molecule has 6 nitrogen and oxygen atoms in total.